The quantitative estimate of drug-likeness (QED) is 0.228. The Kier molecular flexibility index (Phi) is 7.18. The summed E-state index contributed by atoms with van der Waals surface area (Å²) in [6.45, 7) is 5.35. The molecular formula is C35H34FN5O. The normalized spacial score (nSPS) is 18.5. The van der Waals surface area contributed by atoms with Crippen molar-refractivity contribution in [3.8, 4) is 16.9 Å². The third kappa shape index (κ3) is 5.28. The molecule has 6 nitrogen and oxygen atoms in total. The number of hydrogen-bond acceptors (Lipinski definition) is 5. The van der Waals surface area contributed by atoms with E-state index in [0.717, 1.165) is 77.2 Å². The van der Waals surface area contributed by atoms with Crippen LogP contribution in [0.5, 0.6) is 5.75 Å². The summed E-state index contributed by atoms with van der Waals surface area (Å²) in [7, 11) is 0. The van der Waals surface area contributed by atoms with Gasteiger partial charge in [-0.3, -0.25) is 15.0 Å². The Hall–Kier alpha value is -4.49. The smallest absolute Gasteiger partial charge is 0.165 e. The number of aromatic amines is 1. The van der Waals surface area contributed by atoms with Gasteiger partial charge < -0.3 is 10.1 Å². The second kappa shape index (κ2) is 11.4. The summed E-state index contributed by atoms with van der Waals surface area (Å²) in [6.07, 6.45) is 1.78. The molecule has 2 aliphatic heterocycles. The van der Waals surface area contributed by atoms with Gasteiger partial charge in [-0.25, -0.2) is 4.39 Å². The minimum atomic E-state index is -0.364. The molecule has 0 bridgehead atoms. The van der Waals surface area contributed by atoms with Crippen LogP contribution in [0.2, 0.25) is 0 Å². The molecule has 1 saturated heterocycles. The van der Waals surface area contributed by atoms with Crippen molar-refractivity contribution in [1.82, 2.24) is 20.4 Å². The van der Waals surface area contributed by atoms with Crippen LogP contribution in [0.4, 0.5) is 4.39 Å². The van der Waals surface area contributed by atoms with Gasteiger partial charge in [0.05, 0.1) is 17.6 Å². The van der Waals surface area contributed by atoms with Crippen molar-refractivity contribution in [2.45, 2.75) is 45.0 Å². The van der Waals surface area contributed by atoms with E-state index in [9.17, 15) is 0 Å². The molecule has 3 heterocycles. The van der Waals surface area contributed by atoms with E-state index in [1.807, 2.05) is 42.5 Å². The molecule has 7 rings (SSSR count). The Morgan fingerprint density at radius 1 is 0.952 bits per heavy atom. The molecular weight excluding hydrogens is 525 g/mol. The van der Waals surface area contributed by atoms with Gasteiger partial charge in [-0.1, -0.05) is 73.7 Å². The SMILES string of the molecule is CCc1cc(OCc2ccccc2)c(F)cc1-c1ccc2c(C3=NC4CCN(Cc5ccccc5)CC4N3)n[nH]c2c1. The predicted octanol–water partition coefficient (Wildman–Crippen LogP) is 6.50. The van der Waals surface area contributed by atoms with Gasteiger partial charge in [-0.2, -0.15) is 5.10 Å². The standard InChI is InChI=1S/C35H34FN5O/c1-2-25-18-33(42-22-24-11-7-4-8-12-24)29(36)19-28(25)26-13-14-27-31(17-26)39-40-34(27)35-37-30-15-16-41(21-32(30)38-35)20-23-9-5-3-6-10-23/h3-14,17-19,30,32H,2,15-16,20-22H2,1H3,(H,37,38)(H,39,40). The molecule has 4 aromatic carbocycles. The molecule has 212 valence electrons. The minimum Gasteiger partial charge on any atom is -0.486 e. The van der Waals surface area contributed by atoms with Crippen LogP contribution in [0.1, 0.15) is 35.7 Å². The lowest BCUT2D eigenvalue weighted by Crippen LogP contribution is -2.49. The van der Waals surface area contributed by atoms with Gasteiger partial charge in [-0.05, 0) is 64.9 Å². The van der Waals surface area contributed by atoms with Gasteiger partial charge in [0.15, 0.2) is 17.4 Å². The number of piperidine rings is 1. The molecule has 0 radical (unpaired) electrons. The Morgan fingerprint density at radius 3 is 2.52 bits per heavy atom. The Labute approximate surface area is 245 Å². The van der Waals surface area contributed by atoms with Gasteiger partial charge in [0.25, 0.3) is 0 Å². The number of H-pyrrole nitrogens is 1. The van der Waals surface area contributed by atoms with E-state index in [2.05, 4.69) is 69.8 Å². The van der Waals surface area contributed by atoms with Crippen molar-refractivity contribution in [3.63, 3.8) is 0 Å². The lowest BCUT2D eigenvalue weighted by atomic mass is 9.96. The average Bonchev–Trinajstić information content (AvgIpc) is 3.65. The molecule has 5 aromatic rings. The number of ether oxygens (including phenoxy) is 1. The molecule has 2 atom stereocenters. The first-order chi connectivity index (χ1) is 20.6. The van der Waals surface area contributed by atoms with Crippen LogP contribution in [0.3, 0.4) is 0 Å². The van der Waals surface area contributed by atoms with Crippen molar-refractivity contribution in [2.24, 2.45) is 4.99 Å². The summed E-state index contributed by atoms with van der Waals surface area (Å²) >= 11 is 0. The molecule has 2 aliphatic rings. The fourth-order valence-corrected chi connectivity index (χ4v) is 6.17. The van der Waals surface area contributed by atoms with Gasteiger partial charge in [0.2, 0.25) is 0 Å². The number of aromatic nitrogens is 2. The van der Waals surface area contributed by atoms with Crippen LogP contribution in [-0.4, -0.2) is 46.1 Å². The highest BCUT2D eigenvalue weighted by molar-refractivity contribution is 6.09. The first-order valence-corrected chi connectivity index (χ1v) is 14.7. The van der Waals surface area contributed by atoms with Gasteiger partial charge in [0.1, 0.15) is 12.3 Å². The zero-order chi connectivity index (χ0) is 28.5. The highest BCUT2D eigenvalue weighted by Crippen LogP contribution is 2.33. The second-order valence-corrected chi connectivity index (χ2v) is 11.2. The minimum absolute atomic E-state index is 0.260. The molecule has 0 amide bonds. The average molecular weight is 560 g/mol. The molecule has 2 N–H and O–H groups in total. The number of nitrogens with zero attached hydrogens (tertiary/aromatic N) is 3. The number of benzene rings is 4. The van der Waals surface area contributed by atoms with Gasteiger partial charge in [0, 0.05) is 25.0 Å². The zero-order valence-corrected chi connectivity index (χ0v) is 23.7. The largest absolute Gasteiger partial charge is 0.486 e. The third-order valence-corrected chi connectivity index (χ3v) is 8.40. The lowest BCUT2D eigenvalue weighted by molar-refractivity contribution is 0.184. The monoisotopic (exact) mass is 559 g/mol. The van der Waals surface area contributed by atoms with Crippen molar-refractivity contribution >= 4 is 16.7 Å². The number of fused-ring (bicyclic) bond motifs is 2. The lowest BCUT2D eigenvalue weighted by Gasteiger charge is -2.34. The summed E-state index contributed by atoms with van der Waals surface area (Å²) in [5.41, 5.74) is 6.92. The molecule has 1 fully saturated rings. The van der Waals surface area contributed by atoms with E-state index in [1.54, 1.807) is 6.07 Å². The highest BCUT2D eigenvalue weighted by atomic mass is 19.1. The number of rotatable bonds is 8. The maximum atomic E-state index is 15.2. The number of aliphatic imine (C=N–C) groups is 1. The van der Waals surface area contributed by atoms with Crippen LogP contribution in [-0.2, 0) is 19.6 Å². The predicted molar refractivity (Wildman–Crippen MR) is 165 cm³/mol. The molecule has 0 spiro atoms. The third-order valence-electron chi connectivity index (χ3n) is 8.40. The number of amidine groups is 1. The number of hydrogen-bond donors (Lipinski definition) is 2. The van der Waals surface area contributed by atoms with Crippen LogP contribution in [0.15, 0.2) is 96.0 Å². The molecule has 42 heavy (non-hydrogen) atoms. The van der Waals surface area contributed by atoms with E-state index in [1.165, 1.54) is 5.56 Å². The van der Waals surface area contributed by atoms with Crippen molar-refractivity contribution in [1.29, 1.82) is 0 Å². The molecule has 1 aromatic heterocycles. The van der Waals surface area contributed by atoms with E-state index in [4.69, 9.17) is 9.73 Å². The van der Waals surface area contributed by atoms with Crippen molar-refractivity contribution in [3.05, 3.63) is 119 Å². The van der Waals surface area contributed by atoms with E-state index in [-0.39, 0.29) is 23.7 Å². The van der Waals surface area contributed by atoms with Crippen molar-refractivity contribution < 1.29 is 9.13 Å². The number of halogens is 1. The topological polar surface area (TPSA) is 65.5 Å². The summed E-state index contributed by atoms with van der Waals surface area (Å²) in [5, 5.41) is 12.5. The first-order valence-electron chi connectivity index (χ1n) is 14.7. The molecule has 0 saturated carbocycles. The number of aryl methyl sites for hydroxylation is 1. The van der Waals surface area contributed by atoms with Gasteiger partial charge in [-0.15, -0.1) is 0 Å². The Morgan fingerprint density at radius 2 is 1.74 bits per heavy atom. The summed E-state index contributed by atoms with van der Waals surface area (Å²) < 4.78 is 21.0. The Balaban J connectivity index is 1.08. The van der Waals surface area contributed by atoms with Crippen molar-refractivity contribution in [2.75, 3.05) is 13.1 Å². The highest BCUT2D eigenvalue weighted by Gasteiger charge is 2.35. The number of likely N-dealkylation sites (tertiary alicyclic amines) is 1. The maximum absolute atomic E-state index is 15.2. The molecule has 2 unspecified atom stereocenters. The first kappa shape index (κ1) is 26.4. The van der Waals surface area contributed by atoms with Crippen LogP contribution in [0.25, 0.3) is 22.0 Å². The molecule has 7 heteroatoms. The van der Waals surface area contributed by atoms with E-state index < -0.39 is 0 Å². The Bertz CT molecular complexity index is 1730. The second-order valence-electron chi connectivity index (χ2n) is 11.2. The van der Waals surface area contributed by atoms with Crippen LogP contribution in [0, 0.1) is 5.82 Å². The maximum Gasteiger partial charge on any atom is 0.165 e. The fourth-order valence-electron chi connectivity index (χ4n) is 6.17. The molecule has 0 aliphatic carbocycles. The van der Waals surface area contributed by atoms with E-state index in [0.29, 0.717) is 6.61 Å². The fraction of sp³-hybridized carbons (Fsp3) is 0.257. The van der Waals surface area contributed by atoms with Crippen LogP contribution >= 0.6 is 0 Å². The van der Waals surface area contributed by atoms with Gasteiger partial charge >= 0.3 is 0 Å². The summed E-state index contributed by atoms with van der Waals surface area (Å²) in [6, 6.07) is 30.6. The number of nitrogens with one attached hydrogen (secondary N) is 2. The summed E-state index contributed by atoms with van der Waals surface area (Å²) in [5.74, 6) is 0.765. The van der Waals surface area contributed by atoms with E-state index >= 15 is 4.39 Å². The van der Waals surface area contributed by atoms with Crippen LogP contribution < -0.4 is 10.1 Å². The summed E-state index contributed by atoms with van der Waals surface area (Å²) in [4.78, 5) is 7.54. The zero-order valence-electron chi connectivity index (χ0n) is 23.7.